The van der Waals surface area contributed by atoms with E-state index in [1.165, 1.54) is 37.8 Å². The first-order valence-corrected chi connectivity index (χ1v) is 5.51. The van der Waals surface area contributed by atoms with Crippen molar-refractivity contribution in [1.82, 2.24) is 4.90 Å². The Hall–Kier alpha value is -0.820. The van der Waals surface area contributed by atoms with E-state index >= 15 is 0 Å². The largest absolute Gasteiger partial charge is 0.303 e. The van der Waals surface area contributed by atoms with Gasteiger partial charge in [0.15, 0.2) is 0 Å². The Bertz CT molecular complexity index is 268. The van der Waals surface area contributed by atoms with Crippen LogP contribution in [-0.2, 0) is 6.42 Å². The average Bonchev–Trinajstić information content (AvgIpc) is 2.63. The smallest absolute Gasteiger partial charge is 0.00958 e. The molecule has 0 aliphatic carbocycles. The molecule has 1 radical (unpaired) electrons. The molecule has 1 aliphatic rings. The van der Waals surface area contributed by atoms with Gasteiger partial charge in [0.2, 0.25) is 0 Å². The number of hydrogen-bond donors (Lipinski definition) is 0. The van der Waals surface area contributed by atoms with E-state index in [1.54, 1.807) is 0 Å². The van der Waals surface area contributed by atoms with E-state index < -0.39 is 0 Å². The van der Waals surface area contributed by atoms with Crippen LogP contribution in [0, 0.1) is 6.07 Å². The van der Waals surface area contributed by atoms with Crippen molar-refractivity contribution >= 4 is 0 Å². The van der Waals surface area contributed by atoms with Gasteiger partial charge in [-0.2, -0.15) is 0 Å². The van der Waals surface area contributed by atoms with Crippen molar-refractivity contribution in [2.75, 3.05) is 13.6 Å². The first-order chi connectivity index (χ1) is 6.86. The molecule has 1 saturated heterocycles. The second-order valence-electron chi connectivity index (χ2n) is 4.23. The molecule has 0 amide bonds. The molecule has 1 nitrogen and oxygen atoms in total. The summed E-state index contributed by atoms with van der Waals surface area (Å²) in [5.74, 6) is 0. The van der Waals surface area contributed by atoms with Crippen LogP contribution in [0.15, 0.2) is 24.3 Å². The Kier molecular flexibility index (Phi) is 3.20. The van der Waals surface area contributed by atoms with Crippen molar-refractivity contribution in [3.05, 3.63) is 35.9 Å². The summed E-state index contributed by atoms with van der Waals surface area (Å²) in [4.78, 5) is 2.49. The monoisotopic (exact) mass is 188 g/mol. The number of aryl methyl sites for hydroxylation is 1. The molecule has 75 valence electrons. The van der Waals surface area contributed by atoms with E-state index in [9.17, 15) is 0 Å². The molecule has 14 heavy (non-hydrogen) atoms. The summed E-state index contributed by atoms with van der Waals surface area (Å²) >= 11 is 0. The zero-order valence-corrected chi connectivity index (χ0v) is 8.87. The Morgan fingerprint density at radius 2 is 2.50 bits per heavy atom. The summed E-state index contributed by atoms with van der Waals surface area (Å²) in [7, 11) is 2.24. The van der Waals surface area contributed by atoms with Crippen molar-refractivity contribution in [2.45, 2.75) is 31.7 Å². The molecule has 1 aromatic rings. The highest BCUT2D eigenvalue weighted by Gasteiger charge is 2.19. The topological polar surface area (TPSA) is 3.24 Å². The maximum atomic E-state index is 3.13. The summed E-state index contributed by atoms with van der Waals surface area (Å²) in [5.41, 5.74) is 1.42. The molecule has 0 aromatic heterocycles. The Morgan fingerprint density at radius 1 is 1.57 bits per heavy atom. The van der Waals surface area contributed by atoms with Crippen LogP contribution in [0.1, 0.15) is 24.8 Å². The molecule has 1 unspecified atom stereocenters. The van der Waals surface area contributed by atoms with Crippen LogP contribution in [0.5, 0.6) is 0 Å². The predicted octanol–water partition coefficient (Wildman–Crippen LogP) is 2.51. The van der Waals surface area contributed by atoms with Gasteiger partial charge in [0.1, 0.15) is 0 Å². The van der Waals surface area contributed by atoms with Crippen LogP contribution < -0.4 is 0 Å². The third-order valence-electron chi connectivity index (χ3n) is 3.21. The van der Waals surface area contributed by atoms with Crippen molar-refractivity contribution < 1.29 is 0 Å². The molecule has 0 bridgehead atoms. The highest BCUT2D eigenvalue weighted by atomic mass is 15.1. The summed E-state index contributed by atoms with van der Waals surface area (Å²) < 4.78 is 0. The summed E-state index contributed by atoms with van der Waals surface area (Å²) in [5, 5.41) is 0. The molecule has 0 saturated carbocycles. The van der Waals surface area contributed by atoms with E-state index in [1.807, 2.05) is 6.07 Å². The van der Waals surface area contributed by atoms with Gasteiger partial charge in [-0.3, -0.25) is 0 Å². The van der Waals surface area contributed by atoms with Crippen LogP contribution in [0.3, 0.4) is 0 Å². The molecular formula is C13H18N. The highest BCUT2D eigenvalue weighted by molar-refractivity contribution is 5.13. The average molecular weight is 188 g/mol. The van der Waals surface area contributed by atoms with Crippen molar-refractivity contribution in [3.63, 3.8) is 0 Å². The molecule has 0 spiro atoms. The molecule has 1 heterocycles. The van der Waals surface area contributed by atoms with E-state index in [4.69, 9.17) is 0 Å². The SMILES string of the molecule is CN1CCCC1CCc1c[c]ccc1. The second kappa shape index (κ2) is 4.61. The summed E-state index contributed by atoms with van der Waals surface area (Å²) in [6.45, 7) is 1.28. The highest BCUT2D eigenvalue weighted by Crippen LogP contribution is 2.19. The van der Waals surface area contributed by atoms with Gasteiger partial charge in [0, 0.05) is 6.04 Å². The van der Waals surface area contributed by atoms with Crippen LogP contribution in [-0.4, -0.2) is 24.5 Å². The minimum Gasteiger partial charge on any atom is -0.303 e. The van der Waals surface area contributed by atoms with Gasteiger partial charge in [0.05, 0.1) is 0 Å². The van der Waals surface area contributed by atoms with Crippen LogP contribution in [0.25, 0.3) is 0 Å². The fourth-order valence-electron chi connectivity index (χ4n) is 2.26. The summed E-state index contributed by atoms with van der Waals surface area (Å²) in [6.07, 6.45) is 5.26. The van der Waals surface area contributed by atoms with Gasteiger partial charge in [0.25, 0.3) is 0 Å². The molecule has 1 aliphatic heterocycles. The van der Waals surface area contributed by atoms with Gasteiger partial charge < -0.3 is 4.90 Å². The number of hydrogen-bond acceptors (Lipinski definition) is 1. The lowest BCUT2D eigenvalue weighted by atomic mass is 10.0. The maximum absolute atomic E-state index is 3.13. The van der Waals surface area contributed by atoms with Crippen molar-refractivity contribution in [1.29, 1.82) is 0 Å². The van der Waals surface area contributed by atoms with Crippen LogP contribution >= 0.6 is 0 Å². The third kappa shape index (κ3) is 2.36. The minimum atomic E-state index is 0.815. The number of rotatable bonds is 3. The number of likely N-dealkylation sites (tertiary alicyclic amines) is 1. The first-order valence-electron chi connectivity index (χ1n) is 5.51. The zero-order chi connectivity index (χ0) is 9.80. The Labute approximate surface area is 86.7 Å². The lowest BCUT2D eigenvalue weighted by Crippen LogP contribution is -2.25. The van der Waals surface area contributed by atoms with Crippen LogP contribution in [0.4, 0.5) is 0 Å². The van der Waals surface area contributed by atoms with E-state index in [0.717, 1.165) is 6.04 Å². The normalized spacial score (nSPS) is 22.8. The van der Waals surface area contributed by atoms with Crippen LogP contribution in [0.2, 0.25) is 0 Å². The predicted molar refractivity (Wildman–Crippen MR) is 59.3 cm³/mol. The molecule has 1 fully saturated rings. The molecule has 1 aromatic carbocycles. The first kappa shape index (κ1) is 9.72. The standard InChI is InChI=1S/C13H18N/c1-14-11-5-8-13(14)10-9-12-6-3-2-4-7-12/h2-3,6-7,13H,5,8-11H2,1H3. The van der Waals surface area contributed by atoms with Gasteiger partial charge >= 0.3 is 0 Å². The van der Waals surface area contributed by atoms with Gasteiger partial charge in [-0.05, 0) is 50.9 Å². The quantitative estimate of drug-likeness (QED) is 0.704. The van der Waals surface area contributed by atoms with E-state index in [0.29, 0.717) is 0 Å². The lowest BCUT2D eigenvalue weighted by Gasteiger charge is -2.18. The van der Waals surface area contributed by atoms with Crippen molar-refractivity contribution in [2.24, 2.45) is 0 Å². The van der Waals surface area contributed by atoms with Gasteiger partial charge in [-0.1, -0.05) is 24.3 Å². The Balaban J connectivity index is 1.82. The molecule has 2 rings (SSSR count). The fourth-order valence-corrected chi connectivity index (χ4v) is 2.26. The van der Waals surface area contributed by atoms with Gasteiger partial charge in [-0.15, -0.1) is 0 Å². The Morgan fingerprint density at radius 3 is 3.14 bits per heavy atom. The molecular weight excluding hydrogens is 170 g/mol. The molecule has 1 heteroatoms. The van der Waals surface area contributed by atoms with E-state index in [-0.39, 0.29) is 0 Å². The number of nitrogens with zero attached hydrogens (tertiary/aromatic N) is 1. The minimum absolute atomic E-state index is 0.815. The maximum Gasteiger partial charge on any atom is 0.00958 e. The fraction of sp³-hybridized carbons (Fsp3) is 0.538. The second-order valence-corrected chi connectivity index (χ2v) is 4.23. The third-order valence-corrected chi connectivity index (χ3v) is 3.21. The van der Waals surface area contributed by atoms with Gasteiger partial charge in [-0.25, -0.2) is 0 Å². The van der Waals surface area contributed by atoms with Crippen molar-refractivity contribution in [3.8, 4) is 0 Å². The van der Waals surface area contributed by atoms with E-state index in [2.05, 4.69) is 36.2 Å². The molecule has 1 atom stereocenters. The lowest BCUT2D eigenvalue weighted by molar-refractivity contribution is 0.296. The molecule has 0 N–H and O–H groups in total. The number of benzene rings is 1. The summed E-state index contributed by atoms with van der Waals surface area (Å²) in [6, 6.07) is 12.3. The zero-order valence-electron chi connectivity index (χ0n) is 8.87.